The van der Waals surface area contributed by atoms with E-state index in [1.807, 2.05) is 0 Å². The molecule has 0 fully saturated rings. The summed E-state index contributed by atoms with van der Waals surface area (Å²) in [5.74, 6) is 0.261. The Bertz CT molecular complexity index is 637. The summed E-state index contributed by atoms with van der Waals surface area (Å²) < 4.78 is 25.2. The Balaban J connectivity index is 2.37. The third-order valence-electron chi connectivity index (χ3n) is 2.48. The summed E-state index contributed by atoms with van der Waals surface area (Å²) in [5.41, 5.74) is 5.92. The van der Waals surface area contributed by atoms with Gasteiger partial charge in [-0.05, 0) is 25.1 Å². The fraction of sp³-hybridized carbons (Fsp3) is 0.143. The molecule has 3 nitrogen and oxygen atoms in total. The predicted octanol–water partition coefficient (Wildman–Crippen LogP) is 5.01. The van der Waals surface area contributed by atoms with E-state index in [1.165, 1.54) is 6.07 Å². The Morgan fingerprint density at radius 2 is 1.95 bits per heavy atom. The highest BCUT2D eigenvalue weighted by atomic mass is 79.9. The monoisotopic (exact) mass is 359 g/mol. The SMILES string of the molecule is CCOc1cc(Oc2cc(Br)ccc2Cl)c(N)cc1F. The molecule has 0 bridgehead atoms. The highest BCUT2D eigenvalue weighted by Crippen LogP contribution is 2.37. The molecule has 0 spiro atoms. The molecule has 0 saturated heterocycles. The molecule has 6 heteroatoms. The average Bonchev–Trinajstić information content (AvgIpc) is 2.39. The second-order valence-corrected chi connectivity index (χ2v) is 5.25. The van der Waals surface area contributed by atoms with Crippen LogP contribution < -0.4 is 15.2 Å². The van der Waals surface area contributed by atoms with E-state index >= 15 is 0 Å². The maximum Gasteiger partial charge on any atom is 0.167 e. The van der Waals surface area contributed by atoms with Crippen molar-refractivity contribution in [3.8, 4) is 17.2 Å². The summed E-state index contributed by atoms with van der Waals surface area (Å²) in [5, 5.41) is 0.426. The number of rotatable bonds is 4. The summed E-state index contributed by atoms with van der Waals surface area (Å²) in [4.78, 5) is 0. The highest BCUT2D eigenvalue weighted by molar-refractivity contribution is 9.10. The summed E-state index contributed by atoms with van der Waals surface area (Å²) in [7, 11) is 0. The topological polar surface area (TPSA) is 44.5 Å². The molecule has 0 aliphatic heterocycles. The van der Waals surface area contributed by atoms with Crippen LogP contribution in [-0.2, 0) is 0 Å². The van der Waals surface area contributed by atoms with Crippen LogP contribution >= 0.6 is 27.5 Å². The molecular formula is C14H12BrClFNO2. The number of halogens is 3. The number of anilines is 1. The van der Waals surface area contributed by atoms with Crippen molar-refractivity contribution < 1.29 is 13.9 Å². The molecule has 106 valence electrons. The Kier molecular flexibility index (Phi) is 4.73. The molecule has 0 aliphatic rings. The third-order valence-corrected chi connectivity index (χ3v) is 3.28. The van der Waals surface area contributed by atoms with E-state index < -0.39 is 5.82 Å². The normalized spacial score (nSPS) is 10.4. The van der Waals surface area contributed by atoms with Crippen LogP contribution in [0.1, 0.15) is 6.92 Å². The number of nitrogens with two attached hydrogens (primary N) is 1. The molecule has 0 aliphatic carbocycles. The minimum absolute atomic E-state index is 0.0859. The predicted molar refractivity (Wildman–Crippen MR) is 81.2 cm³/mol. The number of hydrogen-bond acceptors (Lipinski definition) is 3. The van der Waals surface area contributed by atoms with Crippen molar-refractivity contribution in [3.63, 3.8) is 0 Å². The second kappa shape index (κ2) is 6.33. The minimum Gasteiger partial charge on any atom is -0.491 e. The fourth-order valence-electron chi connectivity index (χ4n) is 1.58. The van der Waals surface area contributed by atoms with Gasteiger partial charge in [-0.25, -0.2) is 4.39 Å². The van der Waals surface area contributed by atoms with Crippen LogP contribution in [0.5, 0.6) is 17.2 Å². The van der Waals surface area contributed by atoms with Crippen molar-refractivity contribution >= 4 is 33.2 Å². The maximum absolute atomic E-state index is 13.6. The highest BCUT2D eigenvalue weighted by Gasteiger charge is 2.12. The van der Waals surface area contributed by atoms with Gasteiger partial charge in [-0.15, -0.1) is 0 Å². The lowest BCUT2D eigenvalue weighted by molar-refractivity contribution is 0.319. The zero-order chi connectivity index (χ0) is 14.7. The number of ether oxygens (including phenoxy) is 2. The van der Waals surface area contributed by atoms with Gasteiger partial charge in [-0.2, -0.15) is 0 Å². The number of benzene rings is 2. The van der Waals surface area contributed by atoms with Crippen LogP contribution in [0.25, 0.3) is 0 Å². The molecule has 20 heavy (non-hydrogen) atoms. The van der Waals surface area contributed by atoms with E-state index in [0.29, 0.717) is 17.4 Å². The smallest absolute Gasteiger partial charge is 0.167 e. The second-order valence-electron chi connectivity index (χ2n) is 3.93. The van der Waals surface area contributed by atoms with E-state index in [-0.39, 0.29) is 17.2 Å². The molecule has 0 atom stereocenters. The summed E-state index contributed by atoms with van der Waals surface area (Å²) in [6.07, 6.45) is 0. The van der Waals surface area contributed by atoms with Crippen molar-refractivity contribution in [2.75, 3.05) is 12.3 Å². The van der Waals surface area contributed by atoms with Crippen LogP contribution in [0.15, 0.2) is 34.8 Å². The minimum atomic E-state index is -0.531. The first-order valence-electron chi connectivity index (χ1n) is 5.86. The molecule has 2 aromatic rings. The van der Waals surface area contributed by atoms with Crippen LogP contribution in [0.3, 0.4) is 0 Å². The fourth-order valence-corrected chi connectivity index (χ4v) is 2.07. The lowest BCUT2D eigenvalue weighted by Gasteiger charge is -2.13. The van der Waals surface area contributed by atoms with Gasteiger partial charge in [-0.3, -0.25) is 0 Å². The van der Waals surface area contributed by atoms with Gasteiger partial charge in [0.1, 0.15) is 5.75 Å². The Morgan fingerprint density at radius 3 is 2.65 bits per heavy atom. The van der Waals surface area contributed by atoms with E-state index in [2.05, 4.69) is 15.9 Å². The van der Waals surface area contributed by atoms with Gasteiger partial charge >= 0.3 is 0 Å². The van der Waals surface area contributed by atoms with E-state index in [1.54, 1.807) is 25.1 Å². The van der Waals surface area contributed by atoms with Gasteiger partial charge in [0.2, 0.25) is 0 Å². The van der Waals surface area contributed by atoms with Crippen molar-refractivity contribution in [2.45, 2.75) is 6.92 Å². The van der Waals surface area contributed by atoms with Crippen molar-refractivity contribution in [2.24, 2.45) is 0 Å². The first kappa shape index (κ1) is 14.9. The van der Waals surface area contributed by atoms with E-state index in [9.17, 15) is 4.39 Å². The first-order valence-corrected chi connectivity index (χ1v) is 7.03. The van der Waals surface area contributed by atoms with Gasteiger partial charge in [0, 0.05) is 16.6 Å². The standard InChI is InChI=1S/C14H12BrClFNO2/c1-2-19-13-7-14(11(18)6-10(13)17)20-12-5-8(15)3-4-9(12)16/h3-7H,2,18H2,1H3. The molecule has 0 radical (unpaired) electrons. The van der Waals surface area contributed by atoms with Crippen molar-refractivity contribution in [1.29, 1.82) is 0 Å². The third kappa shape index (κ3) is 3.35. The largest absolute Gasteiger partial charge is 0.491 e. The quantitative estimate of drug-likeness (QED) is 0.779. The molecule has 2 rings (SSSR count). The molecule has 0 heterocycles. The Hall–Kier alpha value is -1.46. The molecule has 0 aromatic heterocycles. The molecule has 0 unspecified atom stereocenters. The van der Waals surface area contributed by atoms with Crippen LogP contribution in [0.4, 0.5) is 10.1 Å². The number of hydrogen-bond donors (Lipinski definition) is 1. The summed E-state index contributed by atoms with van der Waals surface area (Å²) >= 11 is 9.36. The summed E-state index contributed by atoms with van der Waals surface area (Å²) in [6.45, 7) is 2.11. The van der Waals surface area contributed by atoms with Crippen LogP contribution in [-0.4, -0.2) is 6.61 Å². The van der Waals surface area contributed by atoms with Gasteiger partial charge in [0.15, 0.2) is 17.3 Å². The van der Waals surface area contributed by atoms with Gasteiger partial charge in [-0.1, -0.05) is 27.5 Å². The zero-order valence-corrected chi connectivity index (χ0v) is 13.0. The van der Waals surface area contributed by atoms with E-state index in [4.69, 9.17) is 26.8 Å². The van der Waals surface area contributed by atoms with Crippen molar-refractivity contribution in [1.82, 2.24) is 0 Å². The Morgan fingerprint density at radius 1 is 1.20 bits per heavy atom. The van der Waals surface area contributed by atoms with Crippen LogP contribution in [0, 0.1) is 5.82 Å². The maximum atomic E-state index is 13.6. The lowest BCUT2D eigenvalue weighted by Crippen LogP contribution is -1.99. The molecule has 2 aromatic carbocycles. The molecule has 0 saturated carbocycles. The number of nitrogen functional groups attached to an aromatic ring is 1. The molecule has 2 N–H and O–H groups in total. The lowest BCUT2D eigenvalue weighted by atomic mass is 10.2. The Labute approximate surface area is 129 Å². The van der Waals surface area contributed by atoms with E-state index in [0.717, 1.165) is 10.5 Å². The van der Waals surface area contributed by atoms with Crippen LogP contribution in [0.2, 0.25) is 5.02 Å². The first-order chi connectivity index (χ1) is 9.51. The zero-order valence-electron chi connectivity index (χ0n) is 10.6. The average molecular weight is 361 g/mol. The summed E-state index contributed by atoms with van der Waals surface area (Å²) in [6, 6.07) is 7.74. The molecule has 0 amide bonds. The van der Waals surface area contributed by atoms with Gasteiger partial charge < -0.3 is 15.2 Å². The molecular weight excluding hydrogens is 349 g/mol. The van der Waals surface area contributed by atoms with Gasteiger partial charge in [0.25, 0.3) is 0 Å². The van der Waals surface area contributed by atoms with Crippen molar-refractivity contribution in [3.05, 3.63) is 45.6 Å². The van der Waals surface area contributed by atoms with Gasteiger partial charge in [0.05, 0.1) is 17.3 Å².